The molecule has 58 valence electrons. The van der Waals surface area contributed by atoms with Crippen molar-refractivity contribution in [2.75, 3.05) is 0 Å². The maximum Gasteiger partial charge on any atom is 0.274 e. The molecule has 1 heterocycles. The van der Waals surface area contributed by atoms with Crippen molar-refractivity contribution in [2.45, 2.75) is 6.92 Å². The lowest BCUT2D eigenvalue weighted by molar-refractivity contribution is -0.118. The summed E-state index contributed by atoms with van der Waals surface area (Å²) in [5, 5.41) is 2.14. The molecule has 1 aromatic heterocycles. The van der Waals surface area contributed by atoms with E-state index in [1.165, 1.54) is 6.92 Å². The summed E-state index contributed by atoms with van der Waals surface area (Å²) < 4.78 is 0. The van der Waals surface area contributed by atoms with E-state index in [1.54, 1.807) is 18.3 Å². The zero-order valence-electron chi connectivity index (χ0n) is 6.05. The molecule has 11 heavy (non-hydrogen) atoms. The summed E-state index contributed by atoms with van der Waals surface area (Å²) >= 11 is 0. The number of aromatic nitrogens is 1. The van der Waals surface area contributed by atoms with Gasteiger partial charge >= 0.3 is 0 Å². The molecule has 1 aromatic rings. The fourth-order valence-corrected chi connectivity index (χ4v) is 0.699. The molecule has 0 aromatic carbocycles. The number of hydrogen-bond acceptors (Lipinski definition) is 2. The van der Waals surface area contributed by atoms with Gasteiger partial charge in [-0.15, -0.1) is 0 Å². The SMILES string of the molecule is CC(=O)NC(=O)c1ccc[nH]1. The number of aromatic amines is 1. The third-order valence-corrected chi connectivity index (χ3v) is 1.13. The average Bonchev–Trinajstić information content (AvgIpc) is 2.35. The summed E-state index contributed by atoms with van der Waals surface area (Å²) in [6.45, 7) is 1.29. The Morgan fingerprint density at radius 1 is 1.55 bits per heavy atom. The van der Waals surface area contributed by atoms with Crippen LogP contribution in [0.5, 0.6) is 0 Å². The molecule has 0 atom stereocenters. The molecule has 0 fully saturated rings. The number of amides is 2. The summed E-state index contributed by atoms with van der Waals surface area (Å²) in [7, 11) is 0. The van der Waals surface area contributed by atoms with Crippen LogP contribution < -0.4 is 5.32 Å². The Kier molecular flexibility index (Phi) is 2.06. The van der Waals surface area contributed by atoms with Gasteiger partial charge < -0.3 is 4.98 Å². The van der Waals surface area contributed by atoms with Crippen molar-refractivity contribution in [3.8, 4) is 0 Å². The number of imide groups is 1. The highest BCUT2D eigenvalue weighted by atomic mass is 16.2. The molecular formula is C7H8N2O2. The number of H-pyrrole nitrogens is 1. The van der Waals surface area contributed by atoms with E-state index in [2.05, 4.69) is 10.3 Å². The van der Waals surface area contributed by atoms with Crippen molar-refractivity contribution in [3.05, 3.63) is 24.0 Å². The third kappa shape index (κ3) is 1.93. The van der Waals surface area contributed by atoms with Crippen molar-refractivity contribution < 1.29 is 9.59 Å². The molecular weight excluding hydrogens is 144 g/mol. The minimum absolute atomic E-state index is 0.357. The smallest absolute Gasteiger partial charge is 0.274 e. The Morgan fingerprint density at radius 2 is 2.27 bits per heavy atom. The molecule has 0 saturated carbocycles. The number of rotatable bonds is 1. The molecule has 0 bridgehead atoms. The minimum Gasteiger partial charge on any atom is -0.357 e. The maximum atomic E-state index is 11.0. The van der Waals surface area contributed by atoms with Crippen LogP contribution in [0.1, 0.15) is 17.4 Å². The van der Waals surface area contributed by atoms with Gasteiger partial charge in [0.25, 0.3) is 5.91 Å². The predicted octanol–water partition coefficient (Wildman–Crippen LogP) is 0.291. The van der Waals surface area contributed by atoms with Gasteiger partial charge in [-0.3, -0.25) is 14.9 Å². The van der Waals surface area contributed by atoms with Crippen LogP contribution in [0.25, 0.3) is 0 Å². The number of carbonyl (C=O) groups excluding carboxylic acids is 2. The van der Waals surface area contributed by atoms with Crippen molar-refractivity contribution in [1.82, 2.24) is 10.3 Å². The van der Waals surface area contributed by atoms with E-state index in [-0.39, 0.29) is 5.91 Å². The molecule has 0 unspecified atom stereocenters. The topological polar surface area (TPSA) is 62.0 Å². The van der Waals surface area contributed by atoms with Crippen LogP contribution in [-0.2, 0) is 4.79 Å². The minimum atomic E-state index is -0.400. The fourth-order valence-electron chi connectivity index (χ4n) is 0.699. The summed E-state index contributed by atoms with van der Waals surface area (Å²) in [5.74, 6) is -0.757. The Morgan fingerprint density at radius 3 is 2.73 bits per heavy atom. The lowest BCUT2D eigenvalue weighted by atomic mass is 10.4. The van der Waals surface area contributed by atoms with Gasteiger partial charge in [0, 0.05) is 13.1 Å². The van der Waals surface area contributed by atoms with Gasteiger partial charge in [-0.05, 0) is 12.1 Å². The van der Waals surface area contributed by atoms with E-state index >= 15 is 0 Å². The zero-order valence-corrected chi connectivity index (χ0v) is 6.05. The van der Waals surface area contributed by atoms with Gasteiger partial charge in [0.05, 0.1) is 0 Å². The highest BCUT2D eigenvalue weighted by Crippen LogP contribution is 1.92. The van der Waals surface area contributed by atoms with Crippen LogP contribution in [0.2, 0.25) is 0 Å². The van der Waals surface area contributed by atoms with Gasteiger partial charge in [-0.1, -0.05) is 0 Å². The van der Waals surface area contributed by atoms with Crippen LogP contribution >= 0.6 is 0 Å². The second-order valence-corrected chi connectivity index (χ2v) is 2.09. The predicted molar refractivity (Wildman–Crippen MR) is 38.9 cm³/mol. The van der Waals surface area contributed by atoms with Crippen LogP contribution in [0, 0.1) is 0 Å². The first kappa shape index (κ1) is 7.53. The lowest BCUT2D eigenvalue weighted by Gasteiger charge is -1.95. The Balaban J connectivity index is 2.64. The van der Waals surface area contributed by atoms with Crippen molar-refractivity contribution >= 4 is 11.8 Å². The van der Waals surface area contributed by atoms with Gasteiger partial charge in [-0.25, -0.2) is 0 Å². The van der Waals surface area contributed by atoms with E-state index in [1.807, 2.05) is 0 Å². The first-order valence-corrected chi connectivity index (χ1v) is 3.15. The Bertz CT molecular complexity index is 264. The quantitative estimate of drug-likeness (QED) is 0.607. The molecule has 4 heteroatoms. The molecule has 0 aliphatic rings. The number of carbonyl (C=O) groups is 2. The number of nitrogens with one attached hydrogen (secondary N) is 2. The van der Waals surface area contributed by atoms with Gasteiger partial charge in [-0.2, -0.15) is 0 Å². The Hall–Kier alpha value is -1.58. The first-order valence-electron chi connectivity index (χ1n) is 3.15. The van der Waals surface area contributed by atoms with Gasteiger partial charge in [0.2, 0.25) is 5.91 Å². The molecule has 0 aliphatic carbocycles. The normalized spacial score (nSPS) is 9.18. The van der Waals surface area contributed by atoms with E-state index in [0.717, 1.165) is 0 Å². The average molecular weight is 152 g/mol. The number of hydrogen-bond donors (Lipinski definition) is 2. The van der Waals surface area contributed by atoms with E-state index in [0.29, 0.717) is 5.69 Å². The molecule has 4 nitrogen and oxygen atoms in total. The van der Waals surface area contributed by atoms with E-state index in [4.69, 9.17) is 0 Å². The van der Waals surface area contributed by atoms with Gasteiger partial charge in [0.1, 0.15) is 5.69 Å². The van der Waals surface area contributed by atoms with Crippen LogP contribution in [0.15, 0.2) is 18.3 Å². The highest BCUT2D eigenvalue weighted by Gasteiger charge is 2.05. The second-order valence-electron chi connectivity index (χ2n) is 2.09. The molecule has 0 saturated heterocycles. The summed E-state index contributed by atoms with van der Waals surface area (Å²) in [4.78, 5) is 24.0. The molecule has 2 amide bonds. The second kappa shape index (κ2) is 3.01. The highest BCUT2D eigenvalue weighted by molar-refractivity contribution is 6.02. The molecule has 0 aliphatic heterocycles. The molecule has 2 N–H and O–H groups in total. The summed E-state index contributed by atoms with van der Waals surface area (Å²) in [6, 6.07) is 3.29. The molecule has 1 rings (SSSR count). The largest absolute Gasteiger partial charge is 0.357 e. The van der Waals surface area contributed by atoms with E-state index < -0.39 is 5.91 Å². The van der Waals surface area contributed by atoms with Crippen molar-refractivity contribution in [2.24, 2.45) is 0 Å². The summed E-state index contributed by atoms with van der Waals surface area (Å²) in [6.07, 6.45) is 1.62. The fraction of sp³-hybridized carbons (Fsp3) is 0.143. The standard InChI is InChI=1S/C7H8N2O2/c1-5(10)9-7(11)6-3-2-4-8-6/h2-4,8H,1H3,(H,9,10,11). The Labute approximate surface area is 63.6 Å². The van der Waals surface area contributed by atoms with Crippen molar-refractivity contribution in [3.63, 3.8) is 0 Å². The zero-order chi connectivity index (χ0) is 8.27. The lowest BCUT2D eigenvalue weighted by Crippen LogP contribution is -2.28. The molecule has 0 spiro atoms. The van der Waals surface area contributed by atoms with Gasteiger partial charge in [0.15, 0.2) is 0 Å². The third-order valence-electron chi connectivity index (χ3n) is 1.13. The van der Waals surface area contributed by atoms with E-state index in [9.17, 15) is 9.59 Å². The monoisotopic (exact) mass is 152 g/mol. The van der Waals surface area contributed by atoms with Crippen LogP contribution in [0.3, 0.4) is 0 Å². The van der Waals surface area contributed by atoms with Crippen LogP contribution in [0.4, 0.5) is 0 Å². The maximum absolute atomic E-state index is 11.0. The van der Waals surface area contributed by atoms with Crippen molar-refractivity contribution in [1.29, 1.82) is 0 Å². The van der Waals surface area contributed by atoms with Crippen LogP contribution in [-0.4, -0.2) is 16.8 Å². The summed E-state index contributed by atoms with van der Waals surface area (Å²) in [5.41, 5.74) is 0.389. The molecule has 0 radical (unpaired) electrons. The first-order chi connectivity index (χ1) is 5.20.